The van der Waals surface area contributed by atoms with Crippen LogP contribution in [0.4, 0.5) is 0 Å². The Hall–Kier alpha value is -0.450. The highest BCUT2D eigenvalue weighted by Gasteiger charge is 2.22. The summed E-state index contributed by atoms with van der Waals surface area (Å²) in [7, 11) is 1.99. The first-order valence-corrected chi connectivity index (χ1v) is 6.16. The van der Waals surface area contributed by atoms with E-state index in [-0.39, 0.29) is 0 Å². The summed E-state index contributed by atoms with van der Waals surface area (Å²) in [5.41, 5.74) is 4.56. The van der Waals surface area contributed by atoms with Crippen molar-refractivity contribution in [2.75, 3.05) is 13.6 Å². The molecule has 1 aromatic rings. The molecule has 1 N–H and O–H groups in total. The fourth-order valence-electron chi connectivity index (χ4n) is 2.13. The van der Waals surface area contributed by atoms with Gasteiger partial charge in [-0.2, -0.15) is 0 Å². The highest BCUT2D eigenvalue weighted by molar-refractivity contribution is 9.10. The Morgan fingerprint density at radius 1 is 1.47 bits per heavy atom. The molecule has 1 atom stereocenters. The Bertz CT molecular complexity index is 312. The van der Waals surface area contributed by atoms with E-state index in [4.69, 9.17) is 0 Å². The molecule has 1 aromatic heterocycles. The zero-order valence-electron chi connectivity index (χ0n) is 8.91. The van der Waals surface area contributed by atoms with Crippen LogP contribution in [0.15, 0.2) is 22.9 Å². The fraction of sp³-hybridized carbons (Fsp3) is 0.545. The summed E-state index contributed by atoms with van der Waals surface area (Å²) >= 11 is 3.36. The maximum absolute atomic E-state index is 4.29. The molecule has 0 radical (unpaired) electrons. The minimum atomic E-state index is 0.476. The first-order valence-electron chi connectivity index (χ1n) is 5.37. The van der Waals surface area contributed by atoms with Crippen LogP contribution in [0.2, 0.25) is 0 Å². The summed E-state index contributed by atoms with van der Waals surface area (Å²) in [4.78, 5) is 4.29. The van der Waals surface area contributed by atoms with E-state index in [1.54, 1.807) is 0 Å². The average Bonchev–Trinajstić information content (AvgIpc) is 2.30. The third kappa shape index (κ3) is 2.56. The van der Waals surface area contributed by atoms with Crippen molar-refractivity contribution < 1.29 is 0 Å². The van der Waals surface area contributed by atoms with Crippen molar-refractivity contribution in [2.45, 2.75) is 25.3 Å². The number of rotatable bonds is 2. The number of hydrogen-bond donors (Lipinski definition) is 1. The second-order valence-corrected chi connectivity index (χ2v) is 4.66. The molecular formula is C11H16BrN3. The smallest absolute Gasteiger partial charge is 0.106 e. The van der Waals surface area contributed by atoms with Gasteiger partial charge in [0.2, 0.25) is 0 Å². The summed E-state index contributed by atoms with van der Waals surface area (Å²) < 4.78 is 0.901. The van der Waals surface area contributed by atoms with Crippen molar-refractivity contribution in [2.24, 2.45) is 0 Å². The van der Waals surface area contributed by atoms with E-state index in [2.05, 4.69) is 37.4 Å². The number of hydrazine groups is 1. The number of halogens is 1. The molecule has 0 amide bonds. The zero-order valence-corrected chi connectivity index (χ0v) is 10.5. The lowest BCUT2D eigenvalue weighted by Crippen LogP contribution is -2.41. The van der Waals surface area contributed by atoms with Crippen LogP contribution >= 0.6 is 15.9 Å². The quantitative estimate of drug-likeness (QED) is 0.837. The molecule has 3 nitrogen and oxygen atoms in total. The number of pyridine rings is 1. The van der Waals surface area contributed by atoms with Gasteiger partial charge in [0.1, 0.15) is 4.60 Å². The Morgan fingerprint density at radius 3 is 3.00 bits per heavy atom. The standard InChI is InChI=1S/C11H16BrN3/c1-13-15-7-3-2-4-10(15)9-5-6-11(12)14-8-9/h5-6,8,10,13H,2-4,7H2,1H3. The largest absolute Gasteiger partial charge is 0.258 e. The second-order valence-electron chi connectivity index (χ2n) is 3.84. The SMILES string of the molecule is CNN1CCCCC1c1ccc(Br)nc1. The van der Waals surface area contributed by atoms with Gasteiger partial charge in [-0.1, -0.05) is 12.5 Å². The van der Waals surface area contributed by atoms with Gasteiger partial charge in [0.05, 0.1) is 6.04 Å². The molecule has 1 aliphatic heterocycles. The zero-order chi connectivity index (χ0) is 10.7. The van der Waals surface area contributed by atoms with Gasteiger partial charge in [-0.15, -0.1) is 0 Å². The van der Waals surface area contributed by atoms with E-state index in [0.717, 1.165) is 11.1 Å². The van der Waals surface area contributed by atoms with Crippen molar-refractivity contribution in [1.29, 1.82) is 0 Å². The first kappa shape index (κ1) is 11.0. The van der Waals surface area contributed by atoms with Crippen molar-refractivity contribution in [3.8, 4) is 0 Å². The number of piperidine rings is 1. The molecule has 2 heterocycles. The van der Waals surface area contributed by atoms with Crippen LogP contribution < -0.4 is 5.43 Å². The summed E-state index contributed by atoms with van der Waals surface area (Å²) in [6.45, 7) is 1.12. The molecule has 15 heavy (non-hydrogen) atoms. The Balaban J connectivity index is 2.16. The third-order valence-corrected chi connectivity index (χ3v) is 3.39. The Labute approximate surface area is 99.0 Å². The number of nitrogens with zero attached hydrogens (tertiary/aromatic N) is 2. The van der Waals surface area contributed by atoms with Crippen LogP contribution in [0.25, 0.3) is 0 Å². The van der Waals surface area contributed by atoms with Crippen molar-refractivity contribution in [3.63, 3.8) is 0 Å². The number of hydrogen-bond acceptors (Lipinski definition) is 3. The number of nitrogens with one attached hydrogen (secondary N) is 1. The molecule has 0 spiro atoms. The van der Waals surface area contributed by atoms with Crippen LogP contribution in [0.5, 0.6) is 0 Å². The van der Waals surface area contributed by atoms with Crippen LogP contribution in [-0.4, -0.2) is 23.6 Å². The Kier molecular flexibility index (Phi) is 3.72. The average molecular weight is 270 g/mol. The highest BCUT2D eigenvalue weighted by Crippen LogP contribution is 2.28. The van der Waals surface area contributed by atoms with Gasteiger partial charge in [0, 0.05) is 12.7 Å². The van der Waals surface area contributed by atoms with Gasteiger partial charge in [-0.25, -0.2) is 9.99 Å². The molecule has 1 aliphatic rings. The molecule has 82 valence electrons. The topological polar surface area (TPSA) is 28.2 Å². The first-order chi connectivity index (χ1) is 7.31. The third-order valence-electron chi connectivity index (χ3n) is 2.93. The lowest BCUT2D eigenvalue weighted by molar-refractivity contribution is 0.0982. The van der Waals surface area contributed by atoms with Crippen molar-refractivity contribution in [1.82, 2.24) is 15.4 Å². The molecule has 1 saturated heterocycles. The van der Waals surface area contributed by atoms with E-state index in [0.29, 0.717) is 6.04 Å². The van der Waals surface area contributed by atoms with Crippen LogP contribution in [0.1, 0.15) is 30.9 Å². The van der Waals surface area contributed by atoms with Gasteiger partial charge in [0.25, 0.3) is 0 Å². The molecule has 2 rings (SSSR count). The summed E-state index contributed by atoms with van der Waals surface area (Å²) in [6, 6.07) is 4.64. The van der Waals surface area contributed by atoms with Gasteiger partial charge >= 0.3 is 0 Å². The van der Waals surface area contributed by atoms with Crippen molar-refractivity contribution in [3.05, 3.63) is 28.5 Å². The predicted molar refractivity (Wildman–Crippen MR) is 64.3 cm³/mol. The minimum Gasteiger partial charge on any atom is -0.258 e. The Morgan fingerprint density at radius 2 is 2.33 bits per heavy atom. The van der Waals surface area contributed by atoms with E-state index in [1.807, 2.05) is 19.3 Å². The van der Waals surface area contributed by atoms with Gasteiger partial charge in [-0.3, -0.25) is 5.43 Å². The maximum Gasteiger partial charge on any atom is 0.106 e. The molecule has 0 aliphatic carbocycles. The molecule has 0 saturated carbocycles. The molecule has 1 unspecified atom stereocenters. The molecule has 0 aromatic carbocycles. The van der Waals surface area contributed by atoms with E-state index < -0.39 is 0 Å². The van der Waals surface area contributed by atoms with Gasteiger partial charge in [-0.05, 0) is 47.4 Å². The minimum absolute atomic E-state index is 0.476. The summed E-state index contributed by atoms with van der Waals surface area (Å²) in [5, 5.41) is 2.30. The van der Waals surface area contributed by atoms with E-state index in [9.17, 15) is 0 Å². The van der Waals surface area contributed by atoms with Gasteiger partial charge < -0.3 is 0 Å². The molecule has 1 fully saturated rings. The maximum atomic E-state index is 4.29. The molecular weight excluding hydrogens is 254 g/mol. The van der Waals surface area contributed by atoms with Crippen LogP contribution in [-0.2, 0) is 0 Å². The fourth-order valence-corrected chi connectivity index (χ4v) is 2.36. The monoisotopic (exact) mass is 269 g/mol. The highest BCUT2D eigenvalue weighted by atomic mass is 79.9. The second kappa shape index (κ2) is 5.05. The lowest BCUT2D eigenvalue weighted by atomic mass is 9.98. The normalized spacial score (nSPS) is 22.9. The van der Waals surface area contributed by atoms with Crippen LogP contribution in [0, 0.1) is 0 Å². The van der Waals surface area contributed by atoms with Crippen molar-refractivity contribution >= 4 is 15.9 Å². The summed E-state index contributed by atoms with van der Waals surface area (Å²) in [5.74, 6) is 0. The van der Waals surface area contributed by atoms with E-state index in [1.165, 1.54) is 24.8 Å². The lowest BCUT2D eigenvalue weighted by Gasteiger charge is -2.34. The number of aromatic nitrogens is 1. The van der Waals surface area contributed by atoms with Gasteiger partial charge in [0.15, 0.2) is 0 Å². The molecule has 0 bridgehead atoms. The summed E-state index contributed by atoms with van der Waals surface area (Å²) in [6.07, 6.45) is 5.76. The van der Waals surface area contributed by atoms with E-state index >= 15 is 0 Å². The predicted octanol–water partition coefficient (Wildman–Crippen LogP) is 2.51. The van der Waals surface area contributed by atoms with Crippen LogP contribution in [0.3, 0.4) is 0 Å². The molecule has 4 heteroatoms.